The van der Waals surface area contributed by atoms with Gasteiger partial charge in [0.15, 0.2) is 0 Å². The van der Waals surface area contributed by atoms with Gasteiger partial charge in [-0.15, -0.1) is 0 Å². The summed E-state index contributed by atoms with van der Waals surface area (Å²) < 4.78 is 28.0. The van der Waals surface area contributed by atoms with Crippen LogP contribution in [-0.4, -0.2) is 15.0 Å². The topological polar surface area (TPSA) is 46.2 Å². The van der Waals surface area contributed by atoms with Gasteiger partial charge in [0.2, 0.25) is 10.0 Å². The van der Waals surface area contributed by atoms with E-state index in [0.29, 0.717) is 15.9 Å². The van der Waals surface area contributed by atoms with Crippen molar-refractivity contribution in [3.63, 3.8) is 0 Å². The van der Waals surface area contributed by atoms with Crippen LogP contribution in [0.4, 0.5) is 0 Å². The van der Waals surface area contributed by atoms with Crippen molar-refractivity contribution in [1.29, 1.82) is 0 Å². The zero-order valence-corrected chi connectivity index (χ0v) is 13.6. The molecule has 0 heterocycles. The van der Waals surface area contributed by atoms with E-state index in [4.69, 9.17) is 0 Å². The first-order valence-corrected chi connectivity index (χ1v) is 8.95. The van der Waals surface area contributed by atoms with E-state index in [9.17, 15) is 8.42 Å². The minimum absolute atomic E-state index is 0.104. The zero-order chi connectivity index (χ0) is 13.9. The van der Waals surface area contributed by atoms with Crippen molar-refractivity contribution in [1.82, 2.24) is 4.72 Å². The summed E-state index contributed by atoms with van der Waals surface area (Å²) in [6, 6.07) is 6.92. The van der Waals surface area contributed by atoms with E-state index in [1.54, 1.807) is 18.2 Å². The standard InChI is InChI=1S/C14H20BrNO2S/c1-14(9-5-2-6-10-14)11-16-19(17,18)13-8-4-3-7-12(13)15/h3-4,7-8,16H,2,5-6,9-11H2,1H3. The van der Waals surface area contributed by atoms with Crippen LogP contribution in [0, 0.1) is 5.41 Å². The van der Waals surface area contributed by atoms with Gasteiger partial charge in [-0.2, -0.15) is 0 Å². The zero-order valence-electron chi connectivity index (χ0n) is 11.2. The number of hydrogen-bond acceptors (Lipinski definition) is 2. The van der Waals surface area contributed by atoms with Gasteiger partial charge in [0.25, 0.3) is 0 Å². The van der Waals surface area contributed by atoms with Crippen LogP contribution in [0.25, 0.3) is 0 Å². The molecule has 0 aromatic heterocycles. The lowest BCUT2D eigenvalue weighted by Gasteiger charge is -2.33. The van der Waals surface area contributed by atoms with E-state index in [-0.39, 0.29) is 5.41 Å². The first-order valence-electron chi connectivity index (χ1n) is 6.67. The Balaban J connectivity index is 2.08. The summed E-state index contributed by atoms with van der Waals surface area (Å²) in [5, 5.41) is 0. The Kier molecular flexibility index (Phi) is 4.69. The summed E-state index contributed by atoms with van der Waals surface area (Å²) >= 11 is 3.29. The first kappa shape index (κ1) is 15.0. The third kappa shape index (κ3) is 3.80. The van der Waals surface area contributed by atoms with Crippen LogP contribution in [-0.2, 0) is 10.0 Å². The van der Waals surface area contributed by atoms with Crippen molar-refractivity contribution in [2.24, 2.45) is 5.41 Å². The molecule has 0 bridgehead atoms. The summed E-state index contributed by atoms with van der Waals surface area (Å²) in [5.41, 5.74) is 0.104. The van der Waals surface area contributed by atoms with E-state index < -0.39 is 10.0 Å². The summed E-state index contributed by atoms with van der Waals surface area (Å²) in [4.78, 5) is 0.314. The van der Waals surface area contributed by atoms with Crippen LogP contribution in [0.3, 0.4) is 0 Å². The molecule has 106 valence electrons. The minimum atomic E-state index is -3.43. The highest BCUT2D eigenvalue weighted by Crippen LogP contribution is 2.35. The van der Waals surface area contributed by atoms with Crippen molar-refractivity contribution in [2.75, 3.05) is 6.54 Å². The molecule has 0 saturated heterocycles. The van der Waals surface area contributed by atoms with Crippen LogP contribution in [0.15, 0.2) is 33.6 Å². The molecule has 1 aliphatic carbocycles. The maximum atomic E-state index is 12.3. The molecular formula is C14H20BrNO2S. The van der Waals surface area contributed by atoms with Crippen molar-refractivity contribution >= 4 is 26.0 Å². The Morgan fingerprint density at radius 1 is 1.21 bits per heavy atom. The lowest BCUT2D eigenvalue weighted by atomic mass is 9.76. The Morgan fingerprint density at radius 3 is 2.47 bits per heavy atom. The van der Waals surface area contributed by atoms with Gasteiger partial charge in [-0.1, -0.05) is 38.3 Å². The molecule has 2 rings (SSSR count). The molecule has 0 atom stereocenters. The van der Waals surface area contributed by atoms with Gasteiger partial charge >= 0.3 is 0 Å². The maximum absolute atomic E-state index is 12.3. The molecule has 1 fully saturated rings. The summed E-state index contributed by atoms with van der Waals surface area (Å²) in [5.74, 6) is 0. The SMILES string of the molecule is CC1(CNS(=O)(=O)c2ccccc2Br)CCCCC1. The molecule has 0 aliphatic heterocycles. The second-order valence-electron chi connectivity index (χ2n) is 5.63. The average molecular weight is 346 g/mol. The lowest BCUT2D eigenvalue weighted by Crippen LogP contribution is -2.37. The third-order valence-corrected chi connectivity index (χ3v) is 6.29. The second kappa shape index (κ2) is 5.94. The van der Waals surface area contributed by atoms with Crippen molar-refractivity contribution in [2.45, 2.75) is 43.9 Å². The van der Waals surface area contributed by atoms with Gasteiger partial charge < -0.3 is 0 Å². The van der Waals surface area contributed by atoms with Gasteiger partial charge in [0.1, 0.15) is 0 Å². The number of hydrogen-bond donors (Lipinski definition) is 1. The molecule has 0 spiro atoms. The average Bonchev–Trinajstić information content (AvgIpc) is 2.38. The van der Waals surface area contributed by atoms with Crippen LogP contribution in [0.5, 0.6) is 0 Å². The van der Waals surface area contributed by atoms with Gasteiger partial charge in [0.05, 0.1) is 4.90 Å². The number of rotatable bonds is 4. The number of sulfonamides is 1. The van der Waals surface area contributed by atoms with Crippen LogP contribution >= 0.6 is 15.9 Å². The molecule has 3 nitrogen and oxygen atoms in total. The highest BCUT2D eigenvalue weighted by molar-refractivity contribution is 9.10. The summed E-state index contributed by atoms with van der Waals surface area (Å²) in [6.07, 6.45) is 5.88. The van der Waals surface area contributed by atoms with Gasteiger partial charge in [0, 0.05) is 11.0 Å². The molecule has 1 aromatic carbocycles. The van der Waals surface area contributed by atoms with E-state index in [2.05, 4.69) is 27.6 Å². The van der Waals surface area contributed by atoms with E-state index in [1.807, 2.05) is 6.07 Å². The highest BCUT2D eigenvalue weighted by atomic mass is 79.9. The second-order valence-corrected chi connectivity index (χ2v) is 8.22. The summed E-state index contributed by atoms with van der Waals surface area (Å²) in [6.45, 7) is 2.70. The largest absolute Gasteiger partial charge is 0.241 e. The molecule has 5 heteroatoms. The Hall–Kier alpha value is -0.390. The smallest absolute Gasteiger partial charge is 0.211 e. The van der Waals surface area contributed by atoms with E-state index in [0.717, 1.165) is 12.8 Å². The number of halogens is 1. The minimum Gasteiger partial charge on any atom is -0.211 e. The van der Waals surface area contributed by atoms with Crippen molar-refractivity contribution in [3.8, 4) is 0 Å². The van der Waals surface area contributed by atoms with Gasteiger partial charge in [-0.05, 0) is 46.3 Å². The highest BCUT2D eigenvalue weighted by Gasteiger charge is 2.29. The van der Waals surface area contributed by atoms with E-state index in [1.165, 1.54) is 19.3 Å². The quantitative estimate of drug-likeness (QED) is 0.904. The van der Waals surface area contributed by atoms with Gasteiger partial charge in [-0.3, -0.25) is 0 Å². The predicted molar refractivity (Wildman–Crippen MR) is 80.5 cm³/mol. The third-order valence-electron chi connectivity index (χ3n) is 3.88. The molecule has 19 heavy (non-hydrogen) atoms. The first-order chi connectivity index (χ1) is 8.93. The molecule has 0 unspecified atom stereocenters. The molecule has 1 saturated carbocycles. The normalized spacial score (nSPS) is 19.3. The van der Waals surface area contributed by atoms with Crippen molar-refractivity contribution < 1.29 is 8.42 Å². The predicted octanol–water partition coefficient (Wildman–Crippen LogP) is 3.70. The lowest BCUT2D eigenvalue weighted by molar-refractivity contribution is 0.219. The number of nitrogens with one attached hydrogen (secondary N) is 1. The van der Waals surface area contributed by atoms with Gasteiger partial charge in [-0.25, -0.2) is 13.1 Å². The molecule has 0 amide bonds. The Labute approximate surface area is 124 Å². The fourth-order valence-corrected chi connectivity index (χ4v) is 4.79. The fraction of sp³-hybridized carbons (Fsp3) is 0.571. The molecule has 0 radical (unpaired) electrons. The molecule has 1 aliphatic rings. The number of benzene rings is 1. The van der Waals surface area contributed by atoms with Crippen LogP contribution < -0.4 is 4.72 Å². The van der Waals surface area contributed by atoms with E-state index >= 15 is 0 Å². The summed E-state index contributed by atoms with van der Waals surface area (Å²) in [7, 11) is -3.43. The fourth-order valence-electron chi connectivity index (χ4n) is 2.59. The Bertz CT molecular complexity index is 536. The van der Waals surface area contributed by atoms with Crippen LogP contribution in [0.1, 0.15) is 39.0 Å². The molecule has 1 aromatic rings. The van der Waals surface area contributed by atoms with Crippen molar-refractivity contribution in [3.05, 3.63) is 28.7 Å². The van der Waals surface area contributed by atoms with Crippen LogP contribution in [0.2, 0.25) is 0 Å². The monoisotopic (exact) mass is 345 g/mol. The maximum Gasteiger partial charge on any atom is 0.241 e. The Morgan fingerprint density at radius 2 is 1.84 bits per heavy atom. The molecular weight excluding hydrogens is 326 g/mol. The molecule has 1 N–H and O–H groups in total.